The number of nitrogens with one attached hydrogen (secondary N) is 1. The summed E-state index contributed by atoms with van der Waals surface area (Å²) in [4.78, 5) is 14.2. The molecule has 1 aliphatic carbocycles. The molecule has 0 saturated carbocycles. The molecule has 2 aliphatic rings. The van der Waals surface area contributed by atoms with Crippen molar-refractivity contribution in [3.63, 3.8) is 0 Å². The summed E-state index contributed by atoms with van der Waals surface area (Å²) in [6, 6.07) is 0.425. The minimum atomic E-state index is 0.425. The van der Waals surface area contributed by atoms with Crippen LogP contribution < -0.4 is 10.2 Å². The lowest BCUT2D eigenvalue weighted by Crippen LogP contribution is -2.45. The maximum atomic E-state index is 4.88. The van der Waals surface area contributed by atoms with E-state index in [0.717, 1.165) is 38.5 Å². The first kappa shape index (κ1) is 13.8. The summed E-state index contributed by atoms with van der Waals surface area (Å²) >= 11 is 0. The molecule has 5 heteroatoms. The van der Waals surface area contributed by atoms with Gasteiger partial charge in [0.05, 0.1) is 5.69 Å². The highest BCUT2D eigenvalue weighted by Gasteiger charge is 2.22. The highest BCUT2D eigenvalue weighted by Crippen LogP contribution is 2.28. The third-order valence-electron chi connectivity index (χ3n) is 4.55. The average Bonchev–Trinajstić information content (AvgIpc) is 2.69. The number of rotatable bonds is 2. The molecule has 1 atom stereocenters. The highest BCUT2D eigenvalue weighted by molar-refractivity contribution is 5.35. The minimum absolute atomic E-state index is 0.425. The zero-order valence-electron chi connectivity index (χ0n) is 12.6. The fourth-order valence-electron chi connectivity index (χ4n) is 3.16. The van der Waals surface area contributed by atoms with Crippen LogP contribution >= 0.6 is 0 Å². The molecule has 0 amide bonds. The summed E-state index contributed by atoms with van der Waals surface area (Å²) in [5, 5.41) is 3.40. The van der Waals surface area contributed by atoms with Gasteiger partial charge in [0.25, 0.3) is 0 Å². The van der Waals surface area contributed by atoms with Crippen LogP contribution in [0.5, 0.6) is 0 Å². The number of fused-ring (bicyclic) bond motifs is 1. The fourth-order valence-corrected chi connectivity index (χ4v) is 3.16. The van der Waals surface area contributed by atoms with Gasteiger partial charge >= 0.3 is 0 Å². The summed E-state index contributed by atoms with van der Waals surface area (Å²) < 4.78 is 0. The van der Waals surface area contributed by atoms with Crippen molar-refractivity contribution in [1.82, 2.24) is 20.2 Å². The van der Waals surface area contributed by atoms with Crippen molar-refractivity contribution in [1.29, 1.82) is 0 Å². The summed E-state index contributed by atoms with van der Waals surface area (Å²) in [7, 11) is 4.21. The van der Waals surface area contributed by atoms with E-state index in [1.165, 1.54) is 30.5 Å². The molecule has 3 rings (SSSR count). The highest BCUT2D eigenvalue weighted by atomic mass is 15.3. The number of hydrogen-bond acceptors (Lipinski definition) is 5. The summed E-state index contributed by atoms with van der Waals surface area (Å²) in [5.41, 5.74) is 2.56. The van der Waals surface area contributed by atoms with Crippen molar-refractivity contribution in [2.24, 2.45) is 0 Å². The zero-order chi connectivity index (χ0) is 13.9. The van der Waals surface area contributed by atoms with Crippen LogP contribution in [-0.4, -0.2) is 55.1 Å². The zero-order valence-corrected chi connectivity index (χ0v) is 12.6. The number of aromatic nitrogens is 2. The van der Waals surface area contributed by atoms with Gasteiger partial charge in [0.1, 0.15) is 0 Å². The second kappa shape index (κ2) is 6.06. The first-order valence-electron chi connectivity index (χ1n) is 7.74. The Labute approximate surface area is 121 Å². The van der Waals surface area contributed by atoms with E-state index in [1.807, 2.05) is 7.05 Å². The topological polar surface area (TPSA) is 44.3 Å². The van der Waals surface area contributed by atoms with Crippen LogP contribution in [0, 0.1) is 0 Å². The average molecular weight is 275 g/mol. The first-order valence-corrected chi connectivity index (χ1v) is 7.74. The third kappa shape index (κ3) is 2.79. The molecule has 1 aromatic rings. The van der Waals surface area contributed by atoms with Crippen LogP contribution in [0.1, 0.15) is 36.6 Å². The van der Waals surface area contributed by atoms with Gasteiger partial charge in [-0.1, -0.05) is 6.42 Å². The normalized spacial score (nSPS) is 24.3. The van der Waals surface area contributed by atoms with Gasteiger partial charge in [-0.3, -0.25) is 0 Å². The van der Waals surface area contributed by atoms with E-state index in [4.69, 9.17) is 4.98 Å². The SMILES string of the molecule is CNC1CCCCc2nc(N3CCN(C)CC3)ncc21. The summed E-state index contributed by atoms with van der Waals surface area (Å²) in [5.74, 6) is 0.925. The van der Waals surface area contributed by atoms with E-state index in [-0.39, 0.29) is 0 Å². The second-order valence-electron chi connectivity index (χ2n) is 5.95. The van der Waals surface area contributed by atoms with Crippen molar-refractivity contribution in [3.8, 4) is 0 Å². The number of anilines is 1. The van der Waals surface area contributed by atoms with Gasteiger partial charge in [-0.25, -0.2) is 9.97 Å². The third-order valence-corrected chi connectivity index (χ3v) is 4.55. The lowest BCUT2D eigenvalue weighted by atomic mass is 10.1. The van der Waals surface area contributed by atoms with Gasteiger partial charge in [0.15, 0.2) is 0 Å². The van der Waals surface area contributed by atoms with E-state index < -0.39 is 0 Å². The van der Waals surface area contributed by atoms with E-state index in [2.05, 4.69) is 33.3 Å². The van der Waals surface area contributed by atoms with E-state index >= 15 is 0 Å². The van der Waals surface area contributed by atoms with Gasteiger partial charge in [-0.05, 0) is 33.4 Å². The minimum Gasteiger partial charge on any atom is -0.338 e. The van der Waals surface area contributed by atoms with Crippen LogP contribution in [0.3, 0.4) is 0 Å². The molecule has 1 aromatic heterocycles. The number of hydrogen-bond donors (Lipinski definition) is 1. The monoisotopic (exact) mass is 275 g/mol. The van der Waals surface area contributed by atoms with Crippen molar-refractivity contribution in [2.75, 3.05) is 45.2 Å². The van der Waals surface area contributed by atoms with Gasteiger partial charge in [0, 0.05) is 44.0 Å². The molecular weight excluding hydrogens is 250 g/mol. The fraction of sp³-hybridized carbons (Fsp3) is 0.733. The molecule has 2 heterocycles. The Kier molecular flexibility index (Phi) is 4.17. The Morgan fingerprint density at radius 2 is 2.00 bits per heavy atom. The van der Waals surface area contributed by atoms with Crippen LogP contribution in [0.4, 0.5) is 5.95 Å². The molecule has 0 aromatic carbocycles. The quantitative estimate of drug-likeness (QED) is 0.822. The lowest BCUT2D eigenvalue weighted by molar-refractivity contribution is 0.311. The standard InChI is InChI=1S/C15H25N5/c1-16-13-5-3-4-6-14-12(13)11-17-15(18-14)20-9-7-19(2)8-10-20/h11,13,16H,3-10H2,1-2H3. The first-order chi connectivity index (χ1) is 9.78. The Morgan fingerprint density at radius 3 is 2.75 bits per heavy atom. The Morgan fingerprint density at radius 1 is 1.20 bits per heavy atom. The van der Waals surface area contributed by atoms with Gasteiger partial charge in [-0.15, -0.1) is 0 Å². The van der Waals surface area contributed by atoms with E-state index in [1.54, 1.807) is 0 Å². The van der Waals surface area contributed by atoms with Gasteiger partial charge in [0.2, 0.25) is 5.95 Å². The number of aryl methyl sites for hydroxylation is 1. The molecule has 1 saturated heterocycles. The smallest absolute Gasteiger partial charge is 0.225 e. The van der Waals surface area contributed by atoms with E-state index in [0.29, 0.717) is 6.04 Å². The van der Waals surface area contributed by atoms with Crippen LogP contribution in [0.25, 0.3) is 0 Å². The molecule has 1 unspecified atom stereocenters. The predicted octanol–water partition coefficient (Wildman–Crippen LogP) is 1.22. The summed E-state index contributed by atoms with van der Waals surface area (Å²) in [6.07, 6.45) is 6.86. The molecule has 1 N–H and O–H groups in total. The Balaban J connectivity index is 1.83. The van der Waals surface area contributed by atoms with Crippen LogP contribution in [0.2, 0.25) is 0 Å². The van der Waals surface area contributed by atoms with Crippen molar-refractivity contribution in [3.05, 3.63) is 17.5 Å². The molecule has 0 radical (unpaired) electrons. The maximum absolute atomic E-state index is 4.88. The largest absolute Gasteiger partial charge is 0.338 e. The molecule has 20 heavy (non-hydrogen) atoms. The van der Waals surface area contributed by atoms with E-state index in [9.17, 15) is 0 Å². The van der Waals surface area contributed by atoms with Crippen molar-refractivity contribution >= 4 is 5.95 Å². The molecule has 1 fully saturated rings. The molecule has 5 nitrogen and oxygen atoms in total. The molecule has 0 spiro atoms. The number of piperazine rings is 1. The van der Waals surface area contributed by atoms with Crippen molar-refractivity contribution in [2.45, 2.75) is 31.7 Å². The molecule has 110 valence electrons. The number of likely N-dealkylation sites (N-methyl/N-ethyl adjacent to an activating group) is 1. The lowest BCUT2D eigenvalue weighted by Gasteiger charge is -2.32. The van der Waals surface area contributed by atoms with Crippen LogP contribution in [0.15, 0.2) is 6.20 Å². The molecular formula is C15H25N5. The van der Waals surface area contributed by atoms with Crippen LogP contribution in [-0.2, 0) is 6.42 Å². The Hall–Kier alpha value is -1.20. The maximum Gasteiger partial charge on any atom is 0.225 e. The molecule has 0 bridgehead atoms. The van der Waals surface area contributed by atoms with Gasteiger partial charge < -0.3 is 15.1 Å². The Bertz CT molecular complexity index is 454. The van der Waals surface area contributed by atoms with Crippen molar-refractivity contribution < 1.29 is 0 Å². The number of nitrogens with zero attached hydrogens (tertiary/aromatic N) is 4. The second-order valence-corrected chi connectivity index (χ2v) is 5.95. The summed E-state index contributed by atoms with van der Waals surface area (Å²) in [6.45, 7) is 4.26. The predicted molar refractivity (Wildman–Crippen MR) is 81.1 cm³/mol. The van der Waals surface area contributed by atoms with Gasteiger partial charge in [-0.2, -0.15) is 0 Å². The molecule has 1 aliphatic heterocycles.